The molecule has 0 fully saturated rings. The van der Waals surface area contributed by atoms with Crippen molar-refractivity contribution in [3.63, 3.8) is 0 Å². The van der Waals surface area contributed by atoms with Crippen LogP contribution in [0.15, 0.2) is 4.99 Å². The van der Waals surface area contributed by atoms with Gasteiger partial charge in [0, 0.05) is 6.92 Å². The van der Waals surface area contributed by atoms with Crippen LogP contribution in [0.5, 0.6) is 0 Å². The van der Waals surface area contributed by atoms with Crippen molar-refractivity contribution in [2.45, 2.75) is 52.2 Å². The zero-order valence-corrected chi connectivity index (χ0v) is 7.85. The van der Waals surface area contributed by atoms with Crippen LogP contribution in [-0.4, -0.2) is 17.5 Å². The van der Waals surface area contributed by atoms with Crippen molar-refractivity contribution in [2.75, 3.05) is 0 Å². The van der Waals surface area contributed by atoms with E-state index in [1.165, 1.54) is 0 Å². The van der Waals surface area contributed by atoms with Crippen LogP contribution in [0.3, 0.4) is 0 Å². The van der Waals surface area contributed by atoms with Crippen molar-refractivity contribution < 1.29 is 4.74 Å². The minimum Gasteiger partial charge on any atom is -0.473 e. The Morgan fingerprint density at radius 2 is 2.00 bits per heavy atom. The Bertz CT molecular complexity index is 170. The van der Waals surface area contributed by atoms with Crippen LogP contribution in [0.25, 0.3) is 0 Å². The molecule has 0 aromatic carbocycles. The number of nitrogens with zero attached hydrogens (tertiary/aromatic N) is 1. The fraction of sp³-hybridized carbons (Fsp3) is 0.889. The maximum absolute atomic E-state index is 5.71. The Hall–Kier alpha value is -0.530. The minimum absolute atomic E-state index is 0.00405. The molecule has 1 aliphatic heterocycles. The molecular weight excluding hydrogens is 138 g/mol. The Labute approximate surface area is 68.7 Å². The van der Waals surface area contributed by atoms with E-state index >= 15 is 0 Å². The molecule has 1 rings (SSSR count). The highest BCUT2D eigenvalue weighted by atomic mass is 16.5. The normalized spacial score (nSPS) is 28.0. The Kier molecular flexibility index (Phi) is 2.21. The van der Waals surface area contributed by atoms with Crippen molar-refractivity contribution in [3.05, 3.63) is 0 Å². The Morgan fingerprint density at radius 1 is 1.45 bits per heavy atom. The van der Waals surface area contributed by atoms with Gasteiger partial charge in [0.2, 0.25) is 0 Å². The van der Waals surface area contributed by atoms with Crippen molar-refractivity contribution in [1.82, 2.24) is 0 Å². The molecule has 11 heavy (non-hydrogen) atoms. The molecule has 0 spiro atoms. The molecule has 64 valence electrons. The molecule has 0 radical (unpaired) electrons. The van der Waals surface area contributed by atoms with Gasteiger partial charge in [0.25, 0.3) is 0 Å². The summed E-state index contributed by atoms with van der Waals surface area (Å²) in [4.78, 5) is 4.38. The lowest BCUT2D eigenvalue weighted by atomic mass is 9.90. The molecule has 0 bridgehead atoms. The highest BCUT2D eigenvalue weighted by Gasteiger charge is 2.39. The smallest absolute Gasteiger partial charge is 0.181 e. The molecule has 0 amide bonds. The number of aliphatic imine (C=N–C) groups is 1. The summed E-state index contributed by atoms with van der Waals surface area (Å²) < 4.78 is 5.71. The average Bonchev–Trinajstić information content (AvgIpc) is 2.27. The summed E-state index contributed by atoms with van der Waals surface area (Å²) in [7, 11) is 0. The van der Waals surface area contributed by atoms with E-state index in [1.54, 1.807) is 0 Å². The average molecular weight is 155 g/mol. The minimum atomic E-state index is 0.00405. The van der Waals surface area contributed by atoms with E-state index in [0.717, 1.165) is 18.7 Å². The summed E-state index contributed by atoms with van der Waals surface area (Å²) >= 11 is 0. The van der Waals surface area contributed by atoms with Crippen LogP contribution in [-0.2, 0) is 4.74 Å². The lowest BCUT2D eigenvalue weighted by molar-refractivity contribution is 0.0518. The zero-order chi connectivity index (χ0) is 8.48. The van der Waals surface area contributed by atoms with E-state index in [0.29, 0.717) is 6.04 Å². The van der Waals surface area contributed by atoms with E-state index in [4.69, 9.17) is 4.74 Å². The van der Waals surface area contributed by atoms with Crippen molar-refractivity contribution in [2.24, 2.45) is 4.99 Å². The highest BCUT2D eigenvalue weighted by Crippen LogP contribution is 2.31. The second-order valence-corrected chi connectivity index (χ2v) is 3.20. The van der Waals surface area contributed by atoms with Gasteiger partial charge in [-0.3, -0.25) is 0 Å². The first-order valence-corrected chi connectivity index (χ1v) is 4.38. The topological polar surface area (TPSA) is 21.6 Å². The van der Waals surface area contributed by atoms with Crippen molar-refractivity contribution in [1.29, 1.82) is 0 Å². The quantitative estimate of drug-likeness (QED) is 0.600. The molecule has 1 heterocycles. The predicted molar refractivity (Wildman–Crippen MR) is 47.0 cm³/mol. The second-order valence-electron chi connectivity index (χ2n) is 3.20. The van der Waals surface area contributed by atoms with Gasteiger partial charge in [-0.15, -0.1) is 0 Å². The van der Waals surface area contributed by atoms with Gasteiger partial charge in [0.1, 0.15) is 5.60 Å². The molecule has 0 saturated carbocycles. The van der Waals surface area contributed by atoms with Crippen LogP contribution in [0.1, 0.15) is 40.5 Å². The fourth-order valence-electron chi connectivity index (χ4n) is 1.78. The molecule has 0 N–H and O–H groups in total. The fourth-order valence-corrected chi connectivity index (χ4v) is 1.78. The molecular formula is C9H17NO. The molecule has 1 atom stereocenters. The third-order valence-corrected chi connectivity index (χ3v) is 2.68. The third kappa shape index (κ3) is 1.26. The van der Waals surface area contributed by atoms with Crippen LogP contribution in [0.4, 0.5) is 0 Å². The lowest BCUT2D eigenvalue weighted by Crippen LogP contribution is -2.37. The van der Waals surface area contributed by atoms with Gasteiger partial charge in [-0.2, -0.15) is 0 Å². The summed E-state index contributed by atoms with van der Waals surface area (Å²) in [6.45, 7) is 8.38. The number of hydrogen-bond acceptors (Lipinski definition) is 2. The van der Waals surface area contributed by atoms with Gasteiger partial charge in [-0.25, -0.2) is 4.99 Å². The summed E-state index contributed by atoms with van der Waals surface area (Å²) in [6, 6.07) is 0.331. The SMILES string of the molecule is CCC1(CC)OC(C)=N[C@H]1C. The van der Waals surface area contributed by atoms with E-state index in [-0.39, 0.29) is 5.60 Å². The maximum atomic E-state index is 5.71. The highest BCUT2D eigenvalue weighted by molar-refractivity contribution is 5.75. The standard InChI is InChI=1S/C9H17NO/c1-5-9(6-2)7(3)10-8(4)11-9/h7H,5-6H2,1-4H3/t7-/m0/s1. The van der Waals surface area contributed by atoms with Gasteiger partial charge < -0.3 is 4.74 Å². The largest absolute Gasteiger partial charge is 0.473 e. The Balaban J connectivity index is 2.75. The van der Waals surface area contributed by atoms with Gasteiger partial charge in [-0.05, 0) is 19.8 Å². The van der Waals surface area contributed by atoms with E-state index in [2.05, 4.69) is 25.8 Å². The van der Waals surface area contributed by atoms with E-state index in [9.17, 15) is 0 Å². The molecule has 2 heteroatoms. The summed E-state index contributed by atoms with van der Waals surface area (Å²) in [5, 5.41) is 0. The van der Waals surface area contributed by atoms with Gasteiger partial charge in [-0.1, -0.05) is 13.8 Å². The van der Waals surface area contributed by atoms with Crippen molar-refractivity contribution >= 4 is 5.90 Å². The molecule has 0 saturated heterocycles. The first-order valence-electron chi connectivity index (χ1n) is 4.38. The van der Waals surface area contributed by atoms with Crippen LogP contribution >= 0.6 is 0 Å². The first kappa shape index (κ1) is 8.57. The summed E-state index contributed by atoms with van der Waals surface area (Å²) in [5.41, 5.74) is 0.00405. The third-order valence-electron chi connectivity index (χ3n) is 2.68. The van der Waals surface area contributed by atoms with Crippen LogP contribution in [0, 0.1) is 0 Å². The molecule has 0 unspecified atom stereocenters. The monoisotopic (exact) mass is 155 g/mol. The van der Waals surface area contributed by atoms with E-state index in [1.807, 2.05) is 6.92 Å². The number of hydrogen-bond donors (Lipinski definition) is 0. The van der Waals surface area contributed by atoms with Crippen LogP contribution < -0.4 is 0 Å². The van der Waals surface area contributed by atoms with Gasteiger partial charge in [0.15, 0.2) is 5.90 Å². The number of ether oxygens (including phenoxy) is 1. The summed E-state index contributed by atoms with van der Waals surface area (Å²) in [6.07, 6.45) is 2.09. The zero-order valence-electron chi connectivity index (χ0n) is 7.85. The first-order chi connectivity index (χ1) is 5.14. The molecule has 2 nitrogen and oxygen atoms in total. The molecule has 1 aliphatic rings. The molecule has 0 aliphatic carbocycles. The number of rotatable bonds is 2. The van der Waals surface area contributed by atoms with Crippen LogP contribution in [0.2, 0.25) is 0 Å². The van der Waals surface area contributed by atoms with Gasteiger partial charge in [0.05, 0.1) is 6.04 Å². The van der Waals surface area contributed by atoms with Gasteiger partial charge >= 0.3 is 0 Å². The second kappa shape index (κ2) is 2.84. The lowest BCUT2D eigenvalue weighted by Gasteiger charge is -2.29. The predicted octanol–water partition coefficient (Wildman–Crippen LogP) is 2.38. The maximum Gasteiger partial charge on any atom is 0.181 e. The molecule has 0 aromatic rings. The Morgan fingerprint density at radius 3 is 2.18 bits per heavy atom. The van der Waals surface area contributed by atoms with Crippen molar-refractivity contribution in [3.8, 4) is 0 Å². The van der Waals surface area contributed by atoms with E-state index < -0.39 is 0 Å². The molecule has 0 aromatic heterocycles. The summed E-state index contributed by atoms with van der Waals surface area (Å²) in [5.74, 6) is 0.848.